The van der Waals surface area contributed by atoms with E-state index in [4.69, 9.17) is 14.2 Å². The molecule has 0 spiro atoms. The molecule has 0 unspecified atom stereocenters. The van der Waals surface area contributed by atoms with Gasteiger partial charge in [-0.25, -0.2) is 9.59 Å². The number of ether oxygens (including phenoxy) is 3. The molecule has 1 amide bonds. The molecule has 6 nitrogen and oxygen atoms in total. The summed E-state index contributed by atoms with van der Waals surface area (Å²) in [7, 11) is 1.65. The van der Waals surface area contributed by atoms with Gasteiger partial charge in [-0.1, -0.05) is 48.5 Å². The molecular formula is C26H33NO5. The van der Waals surface area contributed by atoms with Crippen LogP contribution in [-0.2, 0) is 20.7 Å². The van der Waals surface area contributed by atoms with Gasteiger partial charge in [-0.2, -0.15) is 0 Å². The summed E-state index contributed by atoms with van der Waals surface area (Å²) in [5.41, 5.74) is 2.84. The van der Waals surface area contributed by atoms with Gasteiger partial charge in [0, 0.05) is 11.1 Å². The van der Waals surface area contributed by atoms with Crippen molar-refractivity contribution in [1.29, 1.82) is 0 Å². The minimum absolute atomic E-state index is 0.290. The van der Waals surface area contributed by atoms with Crippen molar-refractivity contribution in [3.63, 3.8) is 0 Å². The van der Waals surface area contributed by atoms with Gasteiger partial charge in [-0.3, -0.25) is 0 Å². The Bertz CT molecular complexity index is 941. The summed E-state index contributed by atoms with van der Waals surface area (Å²) in [6.07, 6.45) is 1.65. The zero-order chi connectivity index (χ0) is 23.7. The smallest absolute Gasteiger partial charge is 0.408 e. The predicted molar refractivity (Wildman–Crippen MR) is 126 cm³/mol. The van der Waals surface area contributed by atoms with Crippen LogP contribution in [0, 0.1) is 0 Å². The molecule has 0 bridgehead atoms. The fourth-order valence-electron chi connectivity index (χ4n) is 3.18. The largest absolute Gasteiger partial charge is 0.496 e. The lowest BCUT2D eigenvalue weighted by atomic mass is 9.99. The number of carbonyl (C=O) groups excluding carboxylic acids is 2. The molecule has 1 atom stereocenters. The molecule has 2 aromatic carbocycles. The summed E-state index contributed by atoms with van der Waals surface area (Å²) in [5, 5.41) is 2.85. The molecule has 6 heteroatoms. The SMILES string of the molecule is CCOC(=O)/C(C)=C/[C@@H](Cc1ccc(-c2ccccc2OC)cc1)NC(=O)OC(C)(C)C. The number of esters is 1. The molecule has 0 heterocycles. The highest BCUT2D eigenvalue weighted by Gasteiger charge is 2.20. The Morgan fingerprint density at radius 1 is 1.06 bits per heavy atom. The number of nitrogens with one attached hydrogen (secondary N) is 1. The van der Waals surface area contributed by atoms with Crippen LogP contribution in [0.1, 0.15) is 40.2 Å². The van der Waals surface area contributed by atoms with Gasteiger partial charge in [0.25, 0.3) is 0 Å². The number of alkyl carbamates (subject to hydrolysis) is 1. The maximum Gasteiger partial charge on any atom is 0.408 e. The molecule has 32 heavy (non-hydrogen) atoms. The second-order valence-corrected chi connectivity index (χ2v) is 8.42. The molecule has 0 radical (unpaired) electrons. The Balaban J connectivity index is 2.23. The number of rotatable bonds is 8. The minimum Gasteiger partial charge on any atom is -0.496 e. The summed E-state index contributed by atoms with van der Waals surface area (Å²) >= 11 is 0. The van der Waals surface area contributed by atoms with E-state index in [1.807, 2.05) is 48.5 Å². The molecule has 1 N–H and O–H groups in total. The molecule has 0 saturated heterocycles. The molecule has 0 aliphatic rings. The van der Waals surface area contributed by atoms with Gasteiger partial charge in [-0.05, 0) is 58.2 Å². The fraction of sp³-hybridized carbons (Fsp3) is 0.385. The number of amides is 1. The fourth-order valence-corrected chi connectivity index (χ4v) is 3.18. The van der Waals surface area contributed by atoms with Crippen molar-refractivity contribution in [3.8, 4) is 16.9 Å². The molecule has 2 aromatic rings. The lowest BCUT2D eigenvalue weighted by Crippen LogP contribution is -2.39. The van der Waals surface area contributed by atoms with Crippen LogP contribution >= 0.6 is 0 Å². The maximum atomic E-state index is 12.4. The average molecular weight is 440 g/mol. The number of para-hydroxylation sites is 1. The normalized spacial score (nSPS) is 12.6. The molecule has 0 saturated carbocycles. The van der Waals surface area contributed by atoms with Gasteiger partial charge in [0.1, 0.15) is 11.4 Å². The van der Waals surface area contributed by atoms with E-state index in [0.717, 1.165) is 22.4 Å². The Morgan fingerprint density at radius 2 is 1.72 bits per heavy atom. The third-order valence-corrected chi connectivity index (χ3v) is 4.58. The molecule has 0 aliphatic heterocycles. The maximum absolute atomic E-state index is 12.4. The molecule has 172 valence electrons. The van der Waals surface area contributed by atoms with E-state index < -0.39 is 23.7 Å². The van der Waals surface area contributed by atoms with E-state index in [1.54, 1.807) is 47.8 Å². The lowest BCUT2D eigenvalue weighted by molar-refractivity contribution is -0.138. The molecule has 0 aliphatic carbocycles. The second-order valence-electron chi connectivity index (χ2n) is 8.42. The van der Waals surface area contributed by atoms with Gasteiger partial charge in [0.05, 0.1) is 19.8 Å². The third kappa shape index (κ3) is 7.76. The van der Waals surface area contributed by atoms with E-state index in [2.05, 4.69) is 5.32 Å². The third-order valence-electron chi connectivity index (χ3n) is 4.58. The average Bonchev–Trinajstić information content (AvgIpc) is 2.73. The van der Waals surface area contributed by atoms with Crippen LogP contribution in [0.2, 0.25) is 0 Å². The first-order valence-electron chi connectivity index (χ1n) is 10.7. The molecule has 2 rings (SSSR count). The quantitative estimate of drug-likeness (QED) is 0.446. The van der Waals surface area contributed by atoms with Crippen LogP contribution < -0.4 is 10.1 Å². The summed E-state index contributed by atoms with van der Waals surface area (Å²) in [5.74, 6) is 0.396. The second kappa shape index (κ2) is 11.4. The highest BCUT2D eigenvalue weighted by atomic mass is 16.6. The van der Waals surface area contributed by atoms with Crippen molar-refractivity contribution in [2.75, 3.05) is 13.7 Å². The number of methoxy groups -OCH3 is 1. The monoisotopic (exact) mass is 439 g/mol. The van der Waals surface area contributed by atoms with Crippen molar-refractivity contribution in [1.82, 2.24) is 5.32 Å². The van der Waals surface area contributed by atoms with Gasteiger partial charge >= 0.3 is 12.1 Å². The molecular weight excluding hydrogens is 406 g/mol. The predicted octanol–water partition coefficient (Wildman–Crippen LogP) is 5.31. The Kier molecular flexibility index (Phi) is 8.88. The Morgan fingerprint density at radius 3 is 2.31 bits per heavy atom. The van der Waals surface area contributed by atoms with Crippen molar-refractivity contribution in [2.24, 2.45) is 0 Å². The van der Waals surface area contributed by atoms with E-state index >= 15 is 0 Å². The number of benzene rings is 2. The van der Waals surface area contributed by atoms with Crippen LogP contribution in [0.3, 0.4) is 0 Å². The number of hydrogen-bond donors (Lipinski definition) is 1. The first-order chi connectivity index (χ1) is 15.1. The topological polar surface area (TPSA) is 73.9 Å². The first-order valence-corrected chi connectivity index (χ1v) is 10.7. The van der Waals surface area contributed by atoms with Gasteiger partial charge in [0.15, 0.2) is 0 Å². The number of carbonyl (C=O) groups is 2. The van der Waals surface area contributed by atoms with Crippen LogP contribution in [-0.4, -0.2) is 37.4 Å². The zero-order valence-electron chi connectivity index (χ0n) is 19.7. The highest BCUT2D eigenvalue weighted by Crippen LogP contribution is 2.29. The minimum atomic E-state index is -0.620. The number of hydrogen-bond acceptors (Lipinski definition) is 5. The van der Waals surface area contributed by atoms with E-state index in [0.29, 0.717) is 18.6 Å². The van der Waals surface area contributed by atoms with E-state index in [1.165, 1.54) is 0 Å². The van der Waals surface area contributed by atoms with Crippen LogP contribution in [0.5, 0.6) is 5.75 Å². The Labute approximate surface area is 190 Å². The summed E-state index contributed by atoms with van der Waals surface area (Å²) < 4.78 is 15.9. The Hall–Kier alpha value is -3.28. The van der Waals surface area contributed by atoms with Gasteiger partial charge in [-0.15, -0.1) is 0 Å². The summed E-state index contributed by atoms with van der Waals surface area (Å²) in [6, 6.07) is 15.4. The molecule has 0 fully saturated rings. The van der Waals surface area contributed by atoms with E-state index in [-0.39, 0.29) is 0 Å². The standard InChI is InChI=1S/C26H33NO5/c1-7-31-24(28)18(2)16-21(27-25(29)32-26(3,4)5)17-19-12-14-20(15-13-19)22-10-8-9-11-23(22)30-6/h8-16,21H,7,17H2,1-6H3,(H,27,29)/b18-16+/t21-/m0/s1. The van der Waals surface area contributed by atoms with Crippen molar-refractivity contribution < 1.29 is 23.8 Å². The van der Waals surface area contributed by atoms with Crippen molar-refractivity contribution >= 4 is 12.1 Å². The van der Waals surface area contributed by atoms with Crippen LogP contribution in [0.4, 0.5) is 4.79 Å². The first kappa shape index (κ1) is 25.0. The van der Waals surface area contributed by atoms with Gasteiger partial charge in [0.2, 0.25) is 0 Å². The van der Waals surface area contributed by atoms with Crippen molar-refractivity contribution in [2.45, 2.75) is 52.7 Å². The van der Waals surface area contributed by atoms with Crippen LogP contribution in [0.25, 0.3) is 11.1 Å². The van der Waals surface area contributed by atoms with E-state index in [9.17, 15) is 9.59 Å². The van der Waals surface area contributed by atoms with Crippen molar-refractivity contribution in [3.05, 3.63) is 65.7 Å². The van der Waals surface area contributed by atoms with Crippen LogP contribution in [0.15, 0.2) is 60.2 Å². The summed E-state index contributed by atoms with van der Waals surface area (Å²) in [4.78, 5) is 24.4. The zero-order valence-corrected chi connectivity index (χ0v) is 19.7. The van der Waals surface area contributed by atoms with Gasteiger partial charge < -0.3 is 19.5 Å². The lowest BCUT2D eigenvalue weighted by Gasteiger charge is -2.23. The molecule has 0 aromatic heterocycles. The highest BCUT2D eigenvalue weighted by molar-refractivity contribution is 5.88. The summed E-state index contributed by atoms with van der Waals surface area (Å²) in [6.45, 7) is 9.13.